The van der Waals surface area contributed by atoms with Crippen molar-refractivity contribution in [2.45, 2.75) is 46.1 Å². The lowest BCUT2D eigenvalue weighted by molar-refractivity contribution is -0.142. The van der Waals surface area contributed by atoms with Gasteiger partial charge in [-0.25, -0.2) is 4.79 Å². The third-order valence-electron chi connectivity index (χ3n) is 4.86. The Labute approximate surface area is 107 Å². The van der Waals surface area contributed by atoms with Crippen molar-refractivity contribution in [1.29, 1.82) is 0 Å². The summed E-state index contributed by atoms with van der Waals surface area (Å²) >= 11 is 0. The number of hydrogen-bond donors (Lipinski definition) is 0. The van der Waals surface area contributed by atoms with Crippen molar-refractivity contribution in [3.8, 4) is 0 Å². The maximum Gasteiger partial charge on any atom is 0.334 e. The summed E-state index contributed by atoms with van der Waals surface area (Å²) < 4.78 is 5.42. The Hall–Kier alpha value is -1.38. The molecule has 3 aliphatic rings. The molecule has 0 spiro atoms. The predicted molar refractivity (Wildman–Crippen MR) is 66.8 cm³/mol. The van der Waals surface area contributed by atoms with Crippen LogP contribution in [0.1, 0.15) is 40.0 Å². The van der Waals surface area contributed by atoms with Crippen LogP contribution in [0.25, 0.3) is 0 Å². The first kappa shape index (κ1) is 11.7. The van der Waals surface area contributed by atoms with Crippen LogP contribution in [-0.4, -0.2) is 17.9 Å². The van der Waals surface area contributed by atoms with E-state index in [2.05, 4.69) is 6.92 Å². The maximum atomic E-state index is 11.8. The quantitative estimate of drug-likeness (QED) is 0.617. The highest BCUT2D eigenvalue weighted by Crippen LogP contribution is 2.53. The first-order valence-corrected chi connectivity index (χ1v) is 6.52. The largest absolute Gasteiger partial charge is 0.454 e. The van der Waals surface area contributed by atoms with Crippen LogP contribution in [-0.2, 0) is 14.3 Å². The molecule has 0 amide bonds. The minimum atomic E-state index is -0.176. The van der Waals surface area contributed by atoms with Gasteiger partial charge in [0.05, 0.1) is 0 Å². The molecule has 96 valence electrons. The average Bonchev–Trinajstić information content (AvgIpc) is 2.50. The molecule has 3 rings (SSSR count). The summed E-state index contributed by atoms with van der Waals surface area (Å²) in [5, 5.41) is 0. The first-order valence-electron chi connectivity index (χ1n) is 6.52. The Kier molecular flexibility index (Phi) is 2.31. The van der Waals surface area contributed by atoms with E-state index in [0.29, 0.717) is 12.3 Å². The smallest absolute Gasteiger partial charge is 0.334 e. The summed E-state index contributed by atoms with van der Waals surface area (Å²) in [4.78, 5) is 23.4. The molecule has 0 radical (unpaired) electrons. The fraction of sp³-hybridized carbons (Fsp3) is 0.600. The van der Waals surface area contributed by atoms with Gasteiger partial charge in [0.1, 0.15) is 6.10 Å². The van der Waals surface area contributed by atoms with Crippen molar-refractivity contribution >= 4 is 11.8 Å². The van der Waals surface area contributed by atoms with E-state index in [-0.39, 0.29) is 23.3 Å². The molecule has 0 unspecified atom stereocenters. The molecule has 0 N–H and O–H groups in total. The second-order valence-corrected chi connectivity index (χ2v) is 6.19. The van der Waals surface area contributed by atoms with Crippen LogP contribution in [0.2, 0.25) is 0 Å². The second-order valence-electron chi connectivity index (χ2n) is 6.19. The van der Waals surface area contributed by atoms with Crippen molar-refractivity contribution in [3.05, 3.63) is 22.8 Å². The Balaban J connectivity index is 2.02. The number of carbonyl (C=O) groups excluding carboxylic acids is 2. The summed E-state index contributed by atoms with van der Waals surface area (Å²) in [6.45, 7) is 6.05. The van der Waals surface area contributed by atoms with Crippen LogP contribution in [0.5, 0.6) is 0 Å². The fourth-order valence-corrected chi connectivity index (χ4v) is 3.85. The van der Waals surface area contributed by atoms with Crippen molar-refractivity contribution < 1.29 is 14.3 Å². The maximum absolute atomic E-state index is 11.8. The molecular weight excluding hydrogens is 228 g/mol. The van der Waals surface area contributed by atoms with Gasteiger partial charge in [0.15, 0.2) is 5.78 Å². The van der Waals surface area contributed by atoms with E-state index in [4.69, 9.17) is 4.74 Å². The number of ether oxygens (including phenoxy) is 1. The molecule has 0 bridgehead atoms. The summed E-state index contributed by atoms with van der Waals surface area (Å²) in [5.41, 5.74) is 3.05. The molecule has 2 aliphatic carbocycles. The molecule has 1 saturated carbocycles. The minimum Gasteiger partial charge on any atom is -0.454 e. The summed E-state index contributed by atoms with van der Waals surface area (Å²) in [6.07, 6.45) is 3.93. The molecule has 1 fully saturated rings. The van der Waals surface area contributed by atoms with Crippen molar-refractivity contribution in [1.82, 2.24) is 0 Å². The number of esters is 1. The lowest BCUT2D eigenvalue weighted by Gasteiger charge is -2.46. The van der Waals surface area contributed by atoms with Crippen LogP contribution in [0, 0.1) is 11.3 Å². The van der Waals surface area contributed by atoms with Gasteiger partial charge in [0.2, 0.25) is 0 Å². The van der Waals surface area contributed by atoms with E-state index in [1.807, 2.05) is 13.8 Å². The van der Waals surface area contributed by atoms with Crippen LogP contribution >= 0.6 is 0 Å². The SMILES string of the molecule is CC1=CC(=O)C[C@@]2(C)C[C@@H]3OC(=O)C(C)=C3C[C@H]12. The predicted octanol–water partition coefficient (Wildman–Crippen LogP) is 2.56. The third-order valence-corrected chi connectivity index (χ3v) is 4.86. The van der Waals surface area contributed by atoms with Gasteiger partial charge >= 0.3 is 5.97 Å². The highest BCUT2D eigenvalue weighted by atomic mass is 16.5. The third kappa shape index (κ3) is 1.49. The van der Waals surface area contributed by atoms with Gasteiger partial charge in [-0.05, 0) is 49.7 Å². The number of rotatable bonds is 0. The van der Waals surface area contributed by atoms with Crippen LogP contribution in [0.3, 0.4) is 0 Å². The fourth-order valence-electron chi connectivity index (χ4n) is 3.85. The molecule has 3 nitrogen and oxygen atoms in total. The lowest BCUT2D eigenvalue weighted by atomic mass is 9.58. The summed E-state index contributed by atoms with van der Waals surface area (Å²) in [7, 11) is 0. The molecule has 0 aromatic carbocycles. The van der Waals surface area contributed by atoms with E-state index in [1.165, 1.54) is 0 Å². The van der Waals surface area contributed by atoms with Crippen LogP contribution < -0.4 is 0 Å². The molecule has 18 heavy (non-hydrogen) atoms. The Morgan fingerprint density at radius 2 is 2.06 bits per heavy atom. The van der Waals surface area contributed by atoms with Crippen molar-refractivity contribution in [2.75, 3.05) is 0 Å². The normalized spacial score (nSPS) is 39.2. The lowest BCUT2D eigenvalue weighted by Crippen LogP contribution is -2.42. The zero-order valence-electron chi connectivity index (χ0n) is 11.1. The summed E-state index contributed by atoms with van der Waals surface area (Å²) in [5.74, 6) is 0.413. The van der Waals surface area contributed by atoms with Gasteiger partial charge in [-0.15, -0.1) is 0 Å². The number of allylic oxidation sites excluding steroid dienone is 2. The Bertz CT molecular complexity index is 512. The highest BCUT2D eigenvalue weighted by molar-refractivity contribution is 5.93. The van der Waals surface area contributed by atoms with E-state index in [1.54, 1.807) is 6.08 Å². The molecule has 1 heterocycles. The van der Waals surface area contributed by atoms with E-state index >= 15 is 0 Å². The molecule has 0 aromatic heterocycles. The van der Waals surface area contributed by atoms with Gasteiger partial charge in [0, 0.05) is 12.0 Å². The van der Waals surface area contributed by atoms with Crippen LogP contribution in [0.15, 0.2) is 22.8 Å². The molecule has 3 atom stereocenters. The second kappa shape index (κ2) is 3.56. The van der Waals surface area contributed by atoms with Crippen molar-refractivity contribution in [3.63, 3.8) is 0 Å². The zero-order valence-corrected chi connectivity index (χ0v) is 11.1. The standard InChI is InChI=1S/C15H18O3/c1-8-4-10(16)6-15(3)7-13-11(5-12(8)15)9(2)14(17)18-13/h4,12-13H,5-7H2,1-3H3/t12-,13+,15+/m1/s1. The van der Waals surface area contributed by atoms with Gasteiger partial charge in [-0.1, -0.05) is 12.5 Å². The van der Waals surface area contributed by atoms with Crippen LogP contribution in [0.4, 0.5) is 0 Å². The number of fused-ring (bicyclic) bond motifs is 2. The van der Waals surface area contributed by atoms with E-state index in [9.17, 15) is 9.59 Å². The summed E-state index contributed by atoms with van der Waals surface area (Å²) in [6, 6.07) is 0. The number of hydrogen-bond acceptors (Lipinski definition) is 3. The van der Waals surface area contributed by atoms with E-state index < -0.39 is 0 Å². The topological polar surface area (TPSA) is 43.4 Å². The van der Waals surface area contributed by atoms with Gasteiger partial charge < -0.3 is 4.74 Å². The minimum absolute atomic E-state index is 0.0466. The first-order chi connectivity index (χ1) is 8.40. The van der Waals surface area contributed by atoms with Gasteiger partial charge in [0.25, 0.3) is 0 Å². The highest BCUT2D eigenvalue weighted by Gasteiger charge is 2.49. The molecule has 3 heteroatoms. The number of ketones is 1. The average molecular weight is 246 g/mol. The Morgan fingerprint density at radius 3 is 2.78 bits per heavy atom. The van der Waals surface area contributed by atoms with Crippen molar-refractivity contribution in [2.24, 2.45) is 11.3 Å². The van der Waals surface area contributed by atoms with Gasteiger partial charge in [-0.2, -0.15) is 0 Å². The van der Waals surface area contributed by atoms with E-state index in [0.717, 1.165) is 29.6 Å². The molecule has 0 aromatic rings. The zero-order chi connectivity index (χ0) is 13.1. The Morgan fingerprint density at radius 1 is 1.33 bits per heavy atom. The monoisotopic (exact) mass is 246 g/mol. The molecule has 0 saturated heterocycles. The molecule has 1 aliphatic heterocycles. The van der Waals surface area contributed by atoms with Gasteiger partial charge in [-0.3, -0.25) is 4.79 Å². The molecular formula is C15H18O3. The number of carbonyl (C=O) groups is 2.